The fourth-order valence-corrected chi connectivity index (χ4v) is 3.15. The molecule has 0 N–H and O–H groups in total. The highest BCUT2D eigenvalue weighted by Crippen LogP contribution is 2.10. The number of carbonyl (C=O) groups excluding carboxylic acids is 1. The molecular weight excluding hydrogens is 202 g/mol. The van der Waals surface area contributed by atoms with Crippen LogP contribution in [0, 0.1) is 0 Å². The van der Waals surface area contributed by atoms with Gasteiger partial charge in [0.1, 0.15) is 6.17 Å². The Labute approximate surface area is 85.4 Å². The first kappa shape index (κ1) is 13.5. The van der Waals surface area contributed by atoms with E-state index in [0.29, 0.717) is 19.8 Å². The molecule has 0 aliphatic heterocycles. The van der Waals surface area contributed by atoms with E-state index in [9.17, 15) is 4.79 Å². The largest absolute Gasteiger partial charge is 0.524 e. The first-order chi connectivity index (χ1) is 6.74. The van der Waals surface area contributed by atoms with Crippen molar-refractivity contribution in [3.8, 4) is 0 Å². The summed E-state index contributed by atoms with van der Waals surface area (Å²) in [5, 5.41) is 0. The number of rotatable bonds is 8. The Morgan fingerprint density at radius 3 is 1.79 bits per heavy atom. The average Bonchev–Trinajstić information content (AvgIpc) is 2.16. The molecule has 0 atom stereocenters. The van der Waals surface area contributed by atoms with E-state index >= 15 is 0 Å². The maximum absolute atomic E-state index is 10.0. The van der Waals surface area contributed by atoms with Crippen LogP contribution in [-0.2, 0) is 18.1 Å². The highest BCUT2D eigenvalue weighted by atomic mass is 28.4. The number of hydrogen-bond acceptors (Lipinski definition) is 5. The minimum absolute atomic E-state index is 0.145. The zero-order chi connectivity index (χ0) is 10.9. The summed E-state index contributed by atoms with van der Waals surface area (Å²) in [5.41, 5.74) is 0. The molecule has 0 aliphatic rings. The number of hydrogen-bond donors (Lipinski definition) is 0. The number of aliphatic imine (C=N–C) groups is 1. The Hall–Kier alpha value is -0.523. The van der Waals surface area contributed by atoms with Gasteiger partial charge in [-0.1, -0.05) is 0 Å². The van der Waals surface area contributed by atoms with Gasteiger partial charge < -0.3 is 13.3 Å². The van der Waals surface area contributed by atoms with Crippen molar-refractivity contribution in [3.63, 3.8) is 0 Å². The second-order valence-electron chi connectivity index (χ2n) is 2.39. The molecule has 0 saturated heterocycles. The molecule has 0 rings (SSSR count). The normalized spacial score (nSPS) is 11.1. The minimum atomic E-state index is -2.75. The van der Waals surface area contributed by atoms with Crippen LogP contribution in [-0.4, -0.2) is 40.9 Å². The standard InChI is InChI=1S/C8H17NO4Si/c1-4-11-14(12-5-2,13-6-3)8-9-7-10/h4-6,8H2,1-3H3. The van der Waals surface area contributed by atoms with Crippen LogP contribution in [0.4, 0.5) is 0 Å². The molecule has 0 amide bonds. The SMILES string of the molecule is CCO[Si](CN=C=O)(OCC)OCC. The van der Waals surface area contributed by atoms with Gasteiger partial charge in [-0.2, -0.15) is 0 Å². The third kappa shape index (κ3) is 4.64. The van der Waals surface area contributed by atoms with Crippen LogP contribution in [0.5, 0.6) is 0 Å². The summed E-state index contributed by atoms with van der Waals surface area (Å²) >= 11 is 0. The molecule has 0 unspecified atom stereocenters. The fraction of sp³-hybridized carbons (Fsp3) is 0.875. The predicted octanol–water partition coefficient (Wildman–Crippen LogP) is 0.910. The Balaban J connectivity index is 4.44. The molecule has 5 nitrogen and oxygen atoms in total. The zero-order valence-electron chi connectivity index (χ0n) is 8.91. The molecule has 0 heterocycles. The van der Waals surface area contributed by atoms with E-state index in [0.717, 1.165) is 0 Å². The van der Waals surface area contributed by atoms with Crippen LogP contribution >= 0.6 is 0 Å². The summed E-state index contributed by atoms with van der Waals surface area (Å²) in [4.78, 5) is 13.5. The van der Waals surface area contributed by atoms with E-state index in [1.54, 1.807) is 0 Å². The maximum atomic E-state index is 10.0. The quantitative estimate of drug-likeness (QED) is 0.346. The third-order valence-corrected chi connectivity index (χ3v) is 4.16. The molecule has 0 fully saturated rings. The minimum Gasteiger partial charge on any atom is -0.373 e. The molecule has 0 radical (unpaired) electrons. The smallest absolute Gasteiger partial charge is 0.373 e. The Kier molecular flexibility index (Phi) is 7.55. The zero-order valence-corrected chi connectivity index (χ0v) is 9.91. The monoisotopic (exact) mass is 219 g/mol. The molecule has 0 aliphatic carbocycles. The van der Waals surface area contributed by atoms with E-state index in [1.807, 2.05) is 20.8 Å². The average molecular weight is 219 g/mol. The molecule has 0 aromatic heterocycles. The van der Waals surface area contributed by atoms with Gasteiger partial charge >= 0.3 is 8.80 Å². The molecule has 0 saturated carbocycles. The second kappa shape index (κ2) is 7.84. The lowest BCUT2D eigenvalue weighted by molar-refractivity contribution is 0.0729. The van der Waals surface area contributed by atoms with Gasteiger partial charge in [0.2, 0.25) is 6.08 Å². The van der Waals surface area contributed by atoms with Crippen molar-refractivity contribution in [2.24, 2.45) is 4.99 Å². The van der Waals surface area contributed by atoms with Gasteiger partial charge in [-0.05, 0) is 20.8 Å². The highest BCUT2D eigenvalue weighted by Gasteiger charge is 2.40. The number of nitrogens with zero attached hydrogens (tertiary/aromatic N) is 1. The first-order valence-electron chi connectivity index (χ1n) is 4.70. The van der Waals surface area contributed by atoms with Crippen molar-refractivity contribution in [3.05, 3.63) is 0 Å². The van der Waals surface area contributed by atoms with Crippen LogP contribution in [0.3, 0.4) is 0 Å². The van der Waals surface area contributed by atoms with E-state index in [-0.39, 0.29) is 6.17 Å². The van der Waals surface area contributed by atoms with Crippen molar-refractivity contribution in [2.45, 2.75) is 20.8 Å². The first-order valence-corrected chi connectivity index (χ1v) is 6.63. The van der Waals surface area contributed by atoms with Crippen molar-refractivity contribution in [1.29, 1.82) is 0 Å². The van der Waals surface area contributed by atoms with E-state index in [1.165, 1.54) is 6.08 Å². The van der Waals surface area contributed by atoms with Crippen molar-refractivity contribution in [2.75, 3.05) is 26.0 Å². The van der Waals surface area contributed by atoms with Gasteiger partial charge in [0.15, 0.2) is 0 Å². The Morgan fingerprint density at radius 2 is 1.50 bits per heavy atom. The lowest BCUT2D eigenvalue weighted by atomic mass is 10.9. The van der Waals surface area contributed by atoms with Gasteiger partial charge in [0.05, 0.1) is 0 Å². The molecule has 14 heavy (non-hydrogen) atoms. The summed E-state index contributed by atoms with van der Waals surface area (Å²) in [6.07, 6.45) is 1.61. The topological polar surface area (TPSA) is 57.1 Å². The predicted molar refractivity (Wildman–Crippen MR) is 53.6 cm³/mol. The Morgan fingerprint density at radius 1 is 1.07 bits per heavy atom. The molecule has 6 heteroatoms. The summed E-state index contributed by atoms with van der Waals surface area (Å²) < 4.78 is 16.3. The lowest BCUT2D eigenvalue weighted by Crippen LogP contribution is -2.49. The molecule has 0 spiro atoms. The molecular formula is C8H17NO4Si. The van der Waals surface area contributed by atoms with E-state index in [2.05, 4.69) is 4.99 Å². The summed E-state index contributed by atoms with van der Waals surface area (Å²) in [5.74, 6) is 0. The van der Waals surface area contributed by atoms with Gasteiger partial charge in [0, 0.05) is 19.8 Å². The van der Waals surface area contributed by atoms with E-state index < -0.39 is 8.80 Å². The lowest BCUT2D eigenvalue weighted by Gasteiger charge is -2.26. The maximum Gasteiger partial charge on any atom is 0.524 e. The molecule has 82 valence electrons. The molecule has 0 aromatic rings. The van der Waals surface area contributed by atoms with Crippen LogP contribution in [0.2, 0.25) is 0 Å². The molecule has 0 bridgehead atoms. The highest BCUT2D eigenvalue weighted by molar-refractivity contribution is 6.61. The fourth-order valence-electron chi connectivity index (χ4n) is 1.05. The van der Waals surface area contributed by atoms with Crippen molar-refractivity contribution in [1.82, 2.24) is 0 Å². The van der Waals surface area contributed by atoms with Gasteiger partial charge in [-0.3, -0.25) is 0 Å². The van der Waals surface area contributed by atoms with Crippen LogP contribution < -0.4 is 0 Å². The summed E-state index contributed by atoms with van der Waals surface area (Å²) in [7, 11) is -2.75. The van der Waals surface area contributed by atoms with Gasteiger partial charge in [0.25, 0.3) is 0 Å². The summed E-state index contributed by atoms with van der Waals surface area (Å²) in [6, 6.07) is 0. The van der Waals surface area contributed by atoms with E-state index in [4.69, 9.17) is 13.3 Å². The van der Waals surface area contributed by atoms with Crippen molar-refractivity contribution < 1.29 is 18.1 Å². The van der Waals surface area contributed by atoms with Gasteiger partial charge in [-0.25, -0.2) is 9.79 Å². The second-order valence-corrected chi connectivity index (χ2v) is 4.94. The third-order valence-electron chi connectivity index (χ3n) is 1.43. The van der Waals surface area contributed by atoms with Crippen LogP contribution in [0.15, 0.2) is 4.99 Å². The summed E-state index contributed by atoms with van der Waals surface area (Å²) in [6.45, 7) is 7.01. The Bertz CT molecular complexity index is 177. The van der Waals surface area contributed by atoms with Crippen LogP contribution in [0.25, 0.3) is 0 Å². The molecule has 0 aromatic carbocycles. The van der Waals surface area contributed by atoms with Crippen LogP contribution in [0.1, 0.15) is 20.8 Å². The van der Waals surface area contributed by atoms with Crippen molar-refractivity contribution >= 4 is 14.9 Å². The van der Waals surface area contributed by atoms with Gasteiger partial charge in [-0.15, -0.1) is 0 Å². The number of isocyanates is 1.